The van der Waals surface area contributed by atoms with E-state index in [4.69, 9.17) is 0 Å². The Hall–Kier alpha value is -1.16. The van der Waals surface area contributed by atoms with Gasteiger partial charge in [-0.25, -0.2) is 0 Å². The summed E-state index contributed by atoms with van der Waals surface area (Å²) in [5.41, 5.74) is 1.19. The first-order valence-corrected chi connectivity index (χ1v) is 6.62. The lowest BCUT2D eigenvalue weighted by Gasteiger charge is -2.26. The molecule has 2 heterocycles. The van der Waals surface area contributed by atoms with Gasteiger partial charge in [0.15, 0.2) is 5.82 Å². The van der Waals surface area contributed by atoms with Crippen LogP contribution in [-0.4, -0.2) is 35.4 Å². The molecule has 0 spiro atoms. The second-order valence-electron chi connectivity index (χ2n) is 5.27. The molecule has 4 nitrogen and oxygen atoms in total. The topological polar surface area (TPSA) is 41.1 Å². The van der Waals surface area contributed by atoms with Crippen molar-refractivity contribution in [3.8, 4) is 0 Å². The zero-order chi connectivity index (χ0) is 11.7. The van der Waals surface area contributed by atoms with Crippen molar-refractivity contribution in [1.82, 2.24) is 15.5 Å². The summed E-state index contributed by atoms with van der Waals surface area (Å²) in [5, 5.41) is 11.9. The molecule has 0 amide bonds. The fraction of sp³-hybridized carbons (Fsp3) is 0.692. The van der Waals surface area contributed by atoms with Gasteiger partial charge in [0, 0.05) is 18.6 Å². The van der Waals surface area contributed by atoms with Crippen LogP contribution in [0.2, 0.25) is 0 Å². The number of hydrogen-bond acceptors (Lipinski definition) is 4. The van der Waals surface area contributed by atoms with Gasteiger partial charge in [-0.15, -0.1) is 5.10 Å². The summed E-state index contributed by atoms with van der Waals surface area (Å²) in [6.07, 6.45) is 7.04. The average Bonchev–Trinajstić information content (AvgIpc) is 3.03. The number of aromatic nitrogens is 2. The molecule has 2 aliphatic rings. The molecule has 1 aliphatic carbocycles. The van der Waals surface area contributed by atoms with Crippen molar-refractivity contribution in [3.63, 3.8) is 0 Å². The van der Waals surface area contributed by atoms with E-state index in [1.54, 1.807) is 0 Å². The van der Waals surface area contributed by atoms with Crippen LogP contribution >= 0.6 is 0 Å². The van der Waals surface area contributed by atoms with Gasteiger partial charge in [-0.1, -0.05) is 0 Å². The van der Waals surface area contributed by atoms with Crippen LogP contribution in [0.3, 0.4) is 0 Å². The van der Waals surface area contributed by atoms with E-state index in [9.17, 15) is 0 Å². The Kier molecular flexibility index (Phi) is 2.97. The molecule has 1 unspecified atom stereocenters. The molecule has 92 valence electrons. The highest BCUT2D eigenvalue weighted by atomic mass is 15.3. The number of nitrogens with one attached hydrogen (secondary N) is 1. The van der Waals surface area contributed by atoms with Crippen molar-refractivity contribution in [1.29, 1.82) is 0 Å². The average molecular weight is 232 g/mol. The number of anilines is 1. The normalized spacial score (nSPS) is 23.9. The van der Waals surface area contributed by atoms with Crippen LogP contribution < -0.4 is 10.2 Å². The Morgan fingerprint density at radius 3 is 2.94 bits per heavy atom. The Morgan fingerprint density at radius 1 is 1.41 bits per heavy atom. The quantitative estimate of drug-likeness (QED) is 0.854. The lowest BCUT2D eigenvalue weighted by atomic mass is 10.2. The minimum atomic E-state index is 0.637. The Bertz CT molecular complexity index is 383. The molecular formula is C13H20N4. The maximum Gasteiger partial charge on any atom is 0.151 e. The van der Waals surface area contributed by atoms with E-state index >= 15 is 0 Å². The zero-order valence-corrected chi connectivity index (χ0v) is 10.4. The van der Waals surface area contributed by atoms with E-state index in [0.717, 1.165) is 12.4 Å². The number of aryl methyl sites for hydroxylation is 1. The van der Waals surface area contributed by atoms with Gasteiger partial charge in [0.1, 0.15) is 0 Å². The maximum atomic E-state index is 4.29. The van der Waals surface area contributed by atoms with Crippen molar-refractivity contribution in [2.45, 2.75) is 44.7 Å². The first-order chi connectivity index (χ1) is 8.33. The second kappa shape index (κ2) is 4.61. The molecular weight excluding hydrogens is 212 g/mol. The maximum absolute atomic E-state index is 4.29. The van der Waals surface area contributed by atoms with Crippen molar-refractivity contribution < 1.29 is 0 Å². The van der Waals surface area contributed by atoms with Crippen molar-refractivity contribution in [3.05, 3.63) is 17.8 Å². The van der Waals surface area contributed by atoms with Crippen molar-refractivity contribution in [2.24, 2.45) is 0 Å². The summed E-state index contributed by atoms with van der Waals surface area (Å²) in [4.78, 5) is 2.45. The standard InChI is InChI=1S/C13H20N4/c1-10-7-13(16-15-8-10)17(12-4-5-12)9-11-3-2-6-14-11/h7-8,11-12,14H,2-6,9H2,1H3. The van der Waals surface area contributed by atoms with Crippen LogP contribution in [-0.2, 0) is 0 Å². The summed E-state index contributed by atoms with van der Waals surface area (Å²) in [6, 6.07) is 3.49. The second-order valence-corrected chi connectivity index (χ2v) is 5.27. The molecule has 0 bridgehead atoms. The highest BCUT2D eigenvalue weighted by molar-refractivity contribution is 5.42. The lowest BCUT2D eigenvalue weighted by Crippen LogP contribution is -2.39. The van der Waals surface area contributed by atoms with Crippen LogP contribution in [0.25, 0.3) is 0 Å². The molecule has 1 N–H and O–H groups in total. The van der Waals surface area contributed by atoms with Gasteiger partial charge < -0.3 is 10.2 Å². The molecule has 17 heavy (non-hydrogen) atoms. The lowest BCUT2D eigenvalue weighted by molar-refractivity contribution is 0.573. The van der Waals surface area contributed by atoms with E-state index in [0.29, 0.717) is 12.1 Å². The summed E-state index contributed by atoms with van der Waals surface area (Å²) in [7, 11) is 0. The Morgan fingerprint density at radius 2 is 2.29 bits per heavy atom. The zero-order valence-electron chi connectivity index (χ0n) is 10.4. The molecule has 1 aromatic heterocycles. The molecule has 1 atom stereocenters. The van der Waals surface area contributed by atoms with E-state index in [-0.39, 0.29) is 0 Å². The summed E-state index contributed by atoms with van der Waals surface area (Å²) >= 11 is 0. The van der Waals surface area contributed by atoms with Crippen molar-refractivity contribution in [2.75, 3.05) is 18.0 Å². The predicted octanol–water partition coefficient (Wildman–Crippen LogP) is 1.51. The van der Waals surface area contributed by atoms with Gasteiger partial charge in [-0.2, -0.15) is 5.10 Å². The molecule has 4 heteroatoms. The van der Waals surface area contributed by atoms with Gasteiger partial charge in [0.2, 0.25) is 0 Å². The van der Waals surface area contributed by atoms with Gasteiger partial charge >= 0.3 is 0 Å². The van der Waals surface area contributed by atoms with Crippen LogP contribution in [0.1, 0.15) is 31.2 Å². The largest absolute Gasteiger partial charge is 0.351 e. The smallest absolute Gasteiger partial charge is 0.151 e. The highest BCUT2D eigenvalue weighted by Gasteiger charge is 2.32. The third-order valence-corrected chi connectivity index (χ3v) is 3.64. The van der Waals surface area contributed by atoms with Gasteiger partial charge in [-0.05, 0) is 50.8 Å². The van der Waals surface area contributed by atoms with Crippen LogP contribution in [0.5, 0.6) is 0 Å². The van der Waals surface area contributed by atoms with E-state index in [2.05, 4.69) is 33.4 Å². The van der Waals surface area contributed by atoms with Gasteiger partial charge in [-0.3, -0.25) is 0 Å². The first-order valence-electron chi connectivity index (χ1n) is 6.62. The molecule has 1 saturated heterocycles. The SMILES string of the molecule is Cc1cnnc(N(CC2CCCN2)C2CC2)c1. The third kappa shape index (κ3) is 2.57. The minimum absolute atomic E-state index is 0.637. The fourth-order valence-corrected chi connectivity index (χ4v) is 2.56. The van der Waals surface area contributed by atoms with E-state index in [1.165, 1.54) is 37.8 Å². The van der Waals surface area contributed by atoms with Crippen LogP contribution in [0.4, 0.5) is 5.82 Å². The fourth-order valence-electron chi connectivity index (χ4n) is 2.56. The molecule has 2 fully saturated rings. The number of rotatable bonds is 4. The Balaban J connectivity index is 1.74. The number of hydrogen-bond donors (Lipinski definition) is 1. The van der Waals surface area contributed by atoms with E-state index in [1.807, 2.05) is 6.20 Å². The molecule has 3 rings (SSSR count). The summed E-state index contributed by atoms with van der Waals surface area (Å²) < 4.78 is 0. The highest BCUT2D eigenvalue weighted by Crippen LogP contribution is 2.31. The minimum Gasteiger partial charge on any atom is -0.351 e. The third-order valence-electron chi connectivity index (χ3n) is 3.64. The molecule has 1 saturated carbocycles. The monoisotopic (exact) mass is 232 g/mol. The van der Waals surface area contributed by atoms with Gasteiger partial charge in [0.25, 0.3) is 0 Å². The van der Waals surface area contributed by atoms with Gasteiger partial charge in [0.05, 0.1) is 6.20 Å². The molecule has 0 aromatic carbocycles. The van der Waals surface area contributed by atoms with E-state index < -0.39 is 0 Å². The molecule has 0 radical (unpaired) electrons. The summed E-state index contributed by atoms with van der Waals surface area (Å²) in [6.45, 7) is 4.34. The predicted molar refractivity (Wildman–Crippen MR) is 68.2 cm³/mol. The number of nitrogens with zero attached hydrogens (tertiary/aromatic N) is 3. The van der Waals surface area contributed by atoms with Crippen LogP contribution in [0.15, 0.2) is 12.3 Å². The summed E-state index contributed by atoms with van der Waals surface area (Å²) in [5.74, 6) is 1.06. The van der Waals surface area contributed by atoms with Crippen molar-refractivity contribution >= 4 is 5.82 Å². The molecule has 1 aromatic rings. The molecule has 1 aliphatic heterocycles. The van der Waals surface area contributed by atoms with Crippen LogP contribution in [0, 0.1) is 6.92 Å². The Labute approximate surface area is 102 Å². The first kappa shape index (κ1) is 11.0.